The summed E-state index contributed by atoms with van der Waals surface area (Å²) in [5, 5.41) is 10.3. The molecule has 0 aliphatic carbocycles. The van der Waals surface area contributed by atoms with Crippen molar-refractivity contribution in [1.82, 2.24) is 0 Å². The second kappa shape index (κ2) is 7.53. The van der Waals surface area contributed by atoms with Crippen molar-refractivity contribution in [1.29, 1.82) is 0 Å². The van der Waals surface area contributed by atoms with E-state index in [1.54, 1.807) is 0 Å². The Labute approximate surface area is 136 Å². The Morgan fingerprint density at radius 1 is 1.27 bits per heavy atom. The number of hydrazone groups is 1. The van der Waals surface area contributed by atoms with E-state index in [0.29, 0.717) is 11.6 Å². The molecule has 0 amide bonds. The van der Waals surface area contributed by atoms with Crippen molar-refractivity contribution in [2.75, 3.05) is 23.9 Å². The van der Waals surface area contributed by atoms with E-state index >= 15 is 0 Å². The first kappa shape index (κ1) is 15.9. The topological polar surface area (TPSA) is 27.6 Å². The zero-order valence-corrected chi connectivity index (χ0v) is 13.4. The molecule has 22 heavy (non-hydrogen) atoms. The molecule has 0 aliphatic heterocycles. The fourth-order valence-electron chi connectivity index (χ4n) is 2.10. The number of halogens is 1. The van der Waals surface area contributed by atoms with Crippen molar-refractivity contribution in [2.45, 2.75) is 6.92 Å². The Balaban J connectivity index is 2.31. The lowest BCUT2D eigenvalue weighted by Crippen LogP contribution is -2.13. The van der Waals surface area contributed by atoms with E-state index in [0.717, 1.165) is 22.6 Å². The Morgan fingerprint density at radius 3 is 2.68 bits per heavy atom. The number of nitrogens with one attached hydrogen (secondary N) is 1. The van der Waals surface area contributed by atoms with Crippen molar-refractivity contribution in [2.24, 2.45) is 5.10 Å². The van der Waals surface area contributed by atoms with Crippen LogP contribution in [0.1, 0.15) is 12.5 Å². The van der Waals surface area contributed by atoms with Crippen molar-refractivity contribution < 1.29 is 0 Å². The van der Waals surface area contributed by atoms with Crippen LogP contribution in [-0.2, 0) is 0 Å². The molecule has 0 saturated heterocycles. The molecule has 112 valence electrons. The second-order valence-corrected chi connectivity index (χ2v) is 5.23. The molecule has 4 heteroatoms. The highest BCUT2D eigenvalue weighted by atomic mass is 35.5. The normalized spacial score (nSPS) is 10.9. The summed E-state index contributed by atoms with van der Waals surface area (Å²) in [4.78, 5) is 0. The summed E-state index contributed by atoms with van der Waals surface area (Å²) in [6.07, 6.45) is 5.31. The number of hydrogen-bond acceptors (Lipinski definition) is 3. The first-order valence-electron chi connectivity index (χ1n) is 6.93. The molecule has 0 saturated carbocycles. The van der Waals surface area contributed by atoms with Crippen LogP contribution in [0, 0.1) is 12.3 Å². The number of para-hydroxylation sites is 1. The van der Waals surface area contributed by atoms with Gasteiger partial charge in [0.05, 0.1) is 17.9 Å². The third kappa shape index (κ3) is 4.03. The predicted octanol–water partition coefficient (Wildman–Crippen LogP) is 4.25. The minimum Gasteiger partial charge on any atom is -0.374 e. The molecule has 0 heterocycles. The van der Waals surface area contributed by atoms with Crippen molar-refractivity contribution in [3.63, 3.8) is 0 Å². The fourth-order valence-corrected chi connectivity index (χ4v) is 2.27. The Kier molecular flexibility index (Phi) is 5.46. The summed E-state index contributed by atoms with van der Waals surface area (Å²) < 4.78 is 0. The number of rotatable bonds is 5. The minimum absolute atomic E-state index is 0.455. The Morgan fingerprint density at radius 2 is 2.00 bits per heavy atom. The fraction of sp³-hybridized carbons (Fsp3) is 0.167. The quantitative estimate of drug-likeness (QED) is 0.508. The molecule has 2 aromatic carbocycles. The van der Waals surface area contributed by atoms with Crippen LogP contribution in [0.4, 0.5) is 11.4 Å². The Hall–Kier alpha value is -2.44. The van der Waals surface area contributed by atoms with E-state index in [4.69, 9.17) is 18.0 Å². The van der Waals surface area contributed by atoms with Gasteiger partial charge in [-0.1, -0.05) is 35.7 Å². The number of anilines is 2. The van der Waals surface area contributed by atoms with Gasteiger partial charge in [-0.15, -0.1) is 6.42 Å². The first-order chi connectivity index (χ1) is 10.6. The van der Waals surface area contributed by atoms with Crippen LogP contribution in [0.5, 0.6) is 0 Å². The number of nitrogens with zero attached hydrogens (tertiary/aromatic N) is 2. The summed E-state index contributed by atoms with van der Waals surface area (Å²) >= 11 is 6.11. The predicted molar refractivity (Wildman–Crippen MR) is 95.8 cm³/mol. The molecule has 0 aromatic heterocycles. The largest absolute Gasteiger partial charge is 0.374 e. The van der Waals surface area contributed by atoms with Crippen molar-refractivity contribution >= 4 is 28.7 Å². The van der Waals surface area contributed by atoms with Crippen molar-refractivity contribution in [3.05, 3.63) is 59.1 Å². The van der Waals surface area contributed by atoms with Crippen LogP contribution in [-0.4, -0.2) is 19.3 Å². The molecule has 0 aliphatic rings. The maximum absolute atomic E-state index is 6.11. The van der Waals surface area contributed by atoms with Gasteiger partial charge in [0.25, 0.3) is 0 Å². The van der Waals surface area contributed by atoms with Crippen LogP contribution in [0.25, 0.3) is 0 Å². The smallest absolute Gasteiger partial charge is 0.0763 e. The molecule has 0 bridgehead atoms. The SMILES string of the molecule is C#CCNc1ccc(Cl)cc1/C(C)=N/N(C)c1ccccc1. The van der Waals surface area contributed by atoms with Gasteiger partial charge in [0.15, 0.2) is 0 Å². The van der Waals surface area contributed by atoms with E-state index in [1.807, 2.05) is 67.5 Å². The Bertz CT molecular complexity index is 702. The standard InChI is InChI=1S/C18H18ClN3/c1-4-12-20-18-11-10-15(19)13-17(18)14(2)21-22(3)16-8-6-5-7-9-16/h1,5-11,13,20H,12H2,2-3H3/b21-14+. The van der Waals surface area contributed by atoms with Crippen LogP contribution < -0.4 is 10.3 Å². The van der Waals surface area contributed by atoms with E-state index in [-0.39, 0.29) is 0 Å². The average molecular weight is 312 g/mol. The van der Waals surface area contributed by atoms with Crippen molar-refractivity contribution in [3.8, 4) is 12.3 Å². The van der Waals surface area contributed by atoms with Gasteiger partial charge in [-0.05, 0) is 37.3 Å². The molecule has 2 rings (SSSR count). The molecule has 1 N–H and O–H groups in total. The highest BCUT2D eigenvalue weighted by Gasteiger charge is 2.08. The van der Waals surface area contributed by atoms with E-state index in [9.17, 15) is 0 Å². The summed E-state index contributed by atoms with van der Waals surface area (Å²) in [5.74, 6) is 2.57. The van der Waals surface area contributed by atoms with Crippen LogP contribution in [0.15, 0.2) is 53.6 Å². The monoisotopic (exact) mass is 311 g/mol. The molecule has 0 fully saturated rings. The van der Waals surface area contributed by atoms with Gasteiger partial charge < -0.3 is 5.32 Å². The van der Waals surface area contributed by atoms with Gasteiger partial charge in [0.1, 0.15) is 0 Å². The lowest BCUT2D eigenvalue weighted by molar-refractivity contribution is 1.01. The summed E-state index contributed by atoms with van der Waals surface area (Å²) in [6, 6.07) is 15.6. The lowest BCUT2D eigenvalue weighted by Gasteiger charge is -2.16. The number of terminal acetylenes is 1. The molecule has 2 aromatic rings. The second-order valence-electron chi connectivity index (χ2n) is 4.79. The lowest BCUT2D eigenvalue weighted by atomic mass is 10.1. The maximum Gasteiger partial charge on any atom is 0.0763 e. The highest BCUT2D eigenvalue weighted by molar-refractivity contribution is 6.31. The molecule has 0 unspecified atom stereocenters. The summed E-state index contributed by atoms with van der Waals surface area (Å²) in [6.45, 7) is 2.41. The first-order valence-corrected chi connectivity index (χ1v) is 7.31. The summed E-state index contributed by atoms with van der Waals surface area (Å²) in [5.41, 5.74) is 3.73. The van der Waals surface area contributed by atoms with Gasteiger partial charge in [-0.2, -0.15) is 5.10 Å². The molecule has 0 spiro atoms. The maximum atomic E-state index is 6.11. The van der Waals surface area contributed by atoms with E-state index < -0.39 is 0 Å². The van der Waals surface area contributed by atoms with Crippen LogP contribution in [0.2, 0.25) is 5.02 Å². The van der Waals surface area contributed by atoms with Gasteiger partial charge in [-0.25, -0.2) is 0 Å². The molecule has 0 atom stereocenters. The third-order valence-corrected chi connectivity index (χ3v) is 3.42. The number of benzene rings is 2. The van der Waals surface area contributed by atoms with Gasteiger partial charge in [0.2, 0.25) is 0 Å². The highest BCUT2D eigenvalue weighted by Crippen LogP contribution is 2.22. The van der Waals surface area contributed by atoms with Crippen LogP contribution in [0.3, 0.4) is 0 Å². The van der Waals surface area contributed by atoms with E-state index in [1.165, 1.54) is 0 Å². The zero-order chi connectivity index (χ0) is 15.9. The van der Waals surface area contributed by atoms with Gasteiger partial charge in [0, 0.05) is 23.3 Å². The minimum atomic E-state index is 0.455. The number of hydrogen-bond donors (Lipinski definition) is 1. The average Bonchev–Trinajstić information content (AvgIpc) is 2.54. The molecule has 0 radical (unpaired) electrons. The van der Waals surface area contributed by atoms with Gasteiger partial charge in [-0.3, -0.25) is 5.01 Å². The van der Waals surface area contributed by atoms with Crippen LogP contribution >= 0.6 is 11.6 Å². The third-order valence-electron chi connectivity index (χ3n) is 3.18. The summed E-state index contributed by atoms with van der Waals surface area (Å²) in [7, 11) is 1.91. The molecule has 3 nitrogen and oxygen atoms in total. The van der Waals surface area contributed by atoms with Gasteiger partial charge >= 0.3 is 0 Å². The van der Waals surface area contributed by atoms with E-state index in [2.05, 4.69) is 16.3 Å². The molecular formula is C18H18ClN3. The molecular weight excluding hydrogens is 294 g/mol. The zero-order valence-electron chi connectivity index (χ0n) is 12.7.